The zero-order chi connectivity index (χ0) is 13.1. The molecule has 1 saturated heterocycles. The van der Waals surface area contributed by atoms with Gasteiger partial charge in [-0.1, -0.05) is 0 Å². The van der Waals surface area contributed by atoms with Gasteiger partial charge in [0.15, 0.2) is 5.76 Å². The molecule has 2 rings (SSSR count). The van der Waals surface area contributed by atoms with E-state index < -0.39 is 11.2 Å². The van der Waals surface area contributed by atoms with Crippen molar-refractivity contribution in [2.75, 3.05) is 13.1 Å². The number of hydrogen-bond acceptors (Lipinski definition) is 6. The van der Waals surface area contributed by atoms with Gasteiger partial charge in [0.1, 0.15) is 12.4 Å². The fourth-order valence-electron chi connectivity index (χ4n) is 2.05. The average molecular weight is 255 g/mol. The van der Waals surface area contributed by atoms with Crippen molar-refractivity contribution in [3.05, 3.63) is 27.8 Å². The largest absolute Gasteiger partial charge is 0.502 e. The van der Waals surface area contributed by atoms with Crippen molar-refractivity contribution in [1.29, 1.82) is 0 Å². The molecule has 6 nitrogen and oxygen atoms in total. The van der Waals surface area contributed by atoms with Gasteiger partial charge < -0.3 is 19.7 Å². The van der Waals surface area contributed by atoms with Crippen molar-refractivity contribution in [1.82, 2.24) is 4.90 Å². The summed E-state index contributed by atoms with van der Waals surface area (Å²) in [5, 5.41) is 28.0. The molecule has 1 aliphatic rings. The summed E-state index contributed by atoms with van der Waals surface area (Å²) >= 11 is 0. The Labute approximate surface area is 104 Å². The number of piperidine rings is 1. The van der Waals surface area contributed by atoms with Crippen LogP contribution in [0.25, 0.3) is 0 Å². The number of nitrogens with zero attached hydrogens (tertiary/aromatic N) is 1. The first kappa shape index (κ1) is 13.1. The van der Waals surface area contributed by atoms with Gasteiger partial charge in [-0.15, -0.1) is 0 Å². The zero-order valence-corrected chi connectivity index (χ0v) is 10.0. The summed E-state index contributed by atoms with van der Waals surface area (Å²) in [6.07, 6.45) is 1.07. The first-order chi connectivity index (χ1) is 8.60. The van der Waals surface area contributed by atoms with Crippen LogP contribution in [0.5, 0.6) is 5.75 Å². The van der Waals surface area contributed by atoms with Crippen LogP contribution < -0.4 is 5.43 Å². The average Bonchev–Trinajstić information content (AvgIpc) is 2.37. The lowest BCUT2D eigenvalue weighted by Crippen LogP contribution is -2.35. The smallest absolute Gasteiger partial charge is 0.227 e. The molecule has 0 unspecified atom stereocenters. The molecule has 0 bridgehead atoms. The lowest BCUT2D eigenvalue weighted by atomic mass is 10.1. The summed E-state index contributed by atoms with van der Waals surface area (Å²) in [4.78, 5) is 13.4. The molecule has 1 aliphatic heterocycles. The van der Waals surface area contributed by atoms with Crippen LogP contribution >= 0.6 is 0 Å². The normalized spacial score (nSPS) is 18.1. The molecule has 0 aliphatic carbocycles. The maximum atomic E-state index is 11.4. The van der Waals surface area contributed by atoms with Gasteiger partial charge in [0.05, 0.1) is 12.6 Å². The number of aromatic hydroxyl groups is 1. The molecule has 0 atom stereocenters. The van der Waals surface area contributed by atoms with Crippen LogP contribution in [0.4, 0.5) is 0 Å². The molecule has 0 spiro atoms. The van der Waals surface area contributed by atoms with Crippen molar-refractivity contribution in [2.24, 2.45) is 0 Å². The van der Waals surface area contributed by atoms with Crippen molar-refractivity contribution in [3.63, 3.8) is 0 Å². The van der Waals surface area contributed by atoms with E-state index in [2.05, 4.69) is 0 Å². The fourth-order valence-corrected chi connectivity index (χ4v) is 2.05. The molecule has 18 heavy (non-hydrogen) atoms. The minimum Gasteiger partial charge on any atom is -0.502 e. The predicted octanol–water partition coefficient (Wildman–Crippen LogP) is -0.206. The van der Waals surface area contributed by atoms with Crippen LogP contribution in [-0.2, 0) is 13.2 Å². The highest BCUT2D eigenvalue weighted by atomic mass is 16.4. The number of rotatable bonds is 3. The van der Waals surface area contributed by atoms with Gasteiger partial charge in [-0.3, -0.25) is 9.69 Å². The van der Waals surface area contributed by atoms with Crippen molar-refractivity contribution in [3.8, 4) is 5.75 Å². The van der Waals surface area contributed by atoms with Crippen molar-refractivity contribution < 1.29 is 19.7 Å². The molecule has 6 heteroatoms. The van der Waals surface area contributed by atoms with Gasteiger partial charge >= 0.3 is 0 Å². The number of likely N-dealkylation sites (tertiary alicyclic amines) is 1. The maximum Gasteiger partial charge on any atom is 0.227 e. The predicted molar refractivity (Wildman–Crippen MR) is 63.1 cm³/mol. The van der Waals surface area contributed by atoms with Gasteiger partial charge in [0, 0.05) is 19.2 Å². The Balaban J connectivity index is 2.13. The van der Waals surface area contributed by atoms with Gasteiger partial charge in [-0.2, -0.15) is 0 Å². The Hall–Kier alpha value is -1.37. The fraction of sp³-hybridized carbons (Fsp3) is 0.583. The minimum atomic E-state index is -0.544. The van der Waals surface area contributed by atoms with E-state index in [4.69, 9.17) is 9.52 Å². The molecule has 0 radical (unpaired) electrons. The van der Waals surface area contributed by atoms with Crippen LogP contribution in [0.15, 0.2) is 15.3 Å². The summed E-state index contributed by atoms with van der Waals surface area (Å²) in [6.45, 7) is 1.31. The molecular weight excluding hydrogens is 238 g/mol. The van der Waals surface area contributed by atoms with E-state index in [0.717, 1.165) is 6.07 Å². The van der Waals surface area contributed by atoms with Crippen molar-refractivity contribution in [2.45, 2.75) is 32.1 Å². The van der Waals surface area contributed by atoms with Gasteiger partial charge in [-0.25, -0.2) is 0 Å². The monoisotopic (exact) mass is 255 g/mol. The molecule has 0 amide bonds. The molecule has 2 heterocycles. The molecule has 1 aromatic rings. The summed E-state index contributed by atoms with van der Waals surface area (Å²) in [5.41, 5.74) is -0.544. The second kappa shape index (κ2) is 5.51. The van der Waals surface area contributed by atoms with E-state index >= 15 is 0 Å². The highest BCUT2D eigenvalue weighted by molar-refractivity contribution is 5.24. The standard InChI is InChI=1S/C12H17NO5/c14-7-9-5-10(16)12(17)11(18-9)6-13-3-1-8(15)2-4-13/h5,8,14-15,17H,1-4,6-7H2. The lowest BCUT2D eigenvalue weighted by molar-refractivity contribution is 0.0743. The Kier molecular flexibility index (Phi) is 4.00. The van der Waals surface area contributed by atoms with Crippen molar-refractivity contribution >= 4 is 0 Å². The maximum absolute atomic E-state index is 11.4. The van der Waals surface area contributed by atoms with E-state index in [1.54, 1.807) is 0 Å². The SMILES string of the molecule is O=c1cc(CO)oc(CN2CCC(O)CC2)c1O. The van der Waals surface area contributed by atoms with Crippen LogP contribution in [0.1, 0.15) is 24.4 Å². The zero-order valence-electron chi connectivity index (χ0n) is 10.0. The summed E-state index contributed by atoms with van der Waals surface area (Å²) < 4.78 is 5.26. The number of aliphatic hydroxyl groups excluding tert-OH is 2. The van der Waals surface area contributed by atoms with Gasteiger partial charge in [-0.05, 0) is 12.8 Å². The molecular formula is C12H17NO5. The molecule has 3 N–H and O–H groups in total. The van der Waals surface area contributed by atoms with Crippen LogP contribution in [0.2, 0.25) is 0 Å². The Morgan fingerprint density at radius 3 is 2.67 bits per heavy atom. The minimum absolute atomic E-state index is 0.143. The van der Waals surface area contributed by atoms with E-state index in [9.17, 15) is 15.0 Å². The topological polar surface area (TPSA) is 94.1 Å². The second-order valence-corrected chi connectivity index (χ2v) is 4.51. The van der Waals surface area contributed by atoms with E-state index in [1.807, 2.05) is 4.90 Å². The first-order valence-corrected chi connectivity index (χ1v) is 5.96. The highest BCUT2D eigenvalue weighted by Crippen LogP contribution is 2.19. The van der Waals surface area contributed by atoms with E-state index in [-0.39, 0.29) is 24.2 Å². The third kappa shape index (κ3) is 2.90. The summed E-state index contributed by atoms with van der Waals surface area (Å²) in [7, 11) is 0. The Morgan fingerprint density at radius 2 is 2.06 bits per heavy atom. The lowest BCUT2D eigenvalue weighted by Gasteiger charge is -2.28. The first-order valence-electron chi connectivity index (χ1n) is 5.96. The third-order valence-electron chi connectivity index (χ3n) is 3.12. The number of hydrogen-bond donors (Lipinski definition) is 3. The summed E-state index contributed by atoms with van der Waals surface area (Å²) in [5.74, 6) is -0.0916. The molecule has 1 aromatic heterocycles. The van der Waals surface area contributed by atoms with Gasteiger partial charge in [0.2, 0.25) is 11.2 Å². The third-order valence-corrected chi connectivity index (χ3v) is 3.12. The van der Waals surface area contributed by atoms with Crippen LogP contribution in [0.3, 0.4) is 0 Å². The quantitative estimate of drug-likeness (QED) is 0.692. The van der Waals surface area contributed by atoms with E-state index in [1.165, 1.54) is 0 Å². The summed E-state index contributed by atoms with van der Waals surface area (Å²) in [6, 6.07) is 1.08. The molecule has 0 saturated carbocycles. The Bertz CT molecular complexity index is 462. The highest BCUT2D eigenvalue weighted by Gasteiger charge is 2.20. The Morgan fingerprint density at radius 1 is 1.39 bits per heavy atom. The van der Waals surface area contributed by atoms with Crippen LogP contribution in [-0.4, -0.2) is 39.4 Å². The molecule has 1 fully saturated rings. The van der Waals surface area contributed by atoms with E-state index in [0.29, 0.717) is 32.5 Å². The second-order valence-electron chi connectivity index (χ2n) is 4.51. The molecule has 0 aromatic carbocycles. The number of aliphatic hydroxyl groups is 2. The van der Waals surface area contributed by atoms with Gasteiger partial charge in [0.25, 0.3) is 0 Å². The molecule has 100 valence electrons. The van der Waals surface area contributed by atoms with Crippen LogP contribution in [0, 0.1) is 0 Å².